The van der Waals surface area contributed by atoms with E-state index >= 15 is 0 Å². The van der Waals surface area contributed by atoms with Crippen LogP contribution in [0.1, 0.15) is 86.1 Å². The number of para-hydroxylation sites is 1. The predicted molar refractivity (Wildman–Crippen MR) is 207 cm³/mol. The number of methoxy groups -OCH3 is 1. The lowest BCUT2D eigenvalue weighted by Crippen LogP contribution is -2.43. The van der Waals surface area contributed by atoms with Crippen molar-refractivity contribution in [3.05, 3.63) is 54.1 Å². The van der Waals surface area contributed by atoms with Crippen molar-refractivity contribution in [2.45, 2.75) is 105 Å². The largest absolute Gasteiger partial charge is 0.462 e. The molecule has 1 unspecified atom stereocenters. The van der Waals surface area contributed by atoms with Gasteiger partial charge >= 0.3 is 5.97 Å². The van der Waals surface area contributed by atoms with Gasteiger partial charge in [0.1, 0.15) is 18.8 Å². The normalized spacial score (nSPS) is 13.2. The number of esters is 1. The number of hydrogen-bond acceptors (Lipinski definition) is 9. The number of anilines is 1. The number of rotatable bonds is 19. The second-order valence-electron chi connectivity index (χ2n) is 15.7. The lowest BCUT2D eigenvalue weighted by atomic mass is 9.88. The molecule has 1 aromatic heterocycles. The van der Waals surface area contributed by atoms with Crippen LogP contribution in [0.25, 0.3) is 22.5 Å². The molecule has 0 bridgehead atoms. The molecule has 2 N–H and O–H groups in total. The standard InChI is InChI=1S/C41H58N6O7/c1-28(2)25-29(3)43-39(51)40(4,5)20-22-54-41(6,7)19-21-42-34(48)17-18-35(49)46-26-30-13-9-10-14-31(30)38-37(32-15-11-12-16-33(32)46)44-45-47(38)27-36(50)53-24-23-52-8/h9-16,28-29H,17-27H2,1-8H3,(H,42,48)(H,43,51). The van der Waals surface area contributed by atoms with Crippen molar-refractivity contribution < 1.29 is 33.4 Å². The highest BCUT2D eigenvalue weighted by Crippen LogP contribution is 2.41. The Balaban J connectivity index is 1.34. The smallest absolute Gasteiger partial charge is 0.327 e. The van der Waals surface area contributed by atoms with Crippen molar-refractivity contribution in [2.24, 2.45) is 11.3 Å². The number of ether oxygens (including phenoxy) is 3. The molecule has 0 radical (unpaired) electrons. The molecule has 2 aromatic carbocycles. The maximum Gasteiger partial charge on any atom is 0.327 e. The minimum atomic E-state index is -0.572. The summed E-state index contributed by atoms with van der Waals surface area (Å²) in [6.45, 7) is 15.4. The second kappa shape index (κ2) is 19.1. The van der Waals surface area contributed by atoms with Crippen molar-refractivity contribution in [1.82, 2.24) is 25.6 Å². The third-order valence-corrected chi connectivity index (χ3v) is 9.57. The number of fused-ring (bicyclic) bond motifs is 5. The van der Waals surface area contributed by atoms with Crippen LogP contribution in [0.15, 0.2) is 48.5 Å². The molecule has 0 aliphatic carbocycles. The molecule has 54 heavy (non-hydrogen) atoms. The van der Waals surface area contributed by atoms with Crippen LogP contribution in [0.3, 0.4) is 0 Å². The number of amides is 3. The van der Waals surface area contributed by atoms with Gasteiger partial charge in [-0.2, -0.15) is 0 Å². The molecule has 4 rings (SSSR count). The highest BCUT2D eigenvalue weighted by Gasteiger charge is 2.31. The molecule has 294 valence electrons. The molecule has 1 aliphatic heterocycles. The van der Waals surface area contributed by atoms with E-state index in [1.807, 2.05) is 83.1 Å². The summed E-state index contributed by atoms with van der Waals surface area (Å²) in [6.07, 6.45) is 2.08. The summed E-state index contributed by atoms with van der Waals surface area (Å²) >= 11 is 0. The Hall–Kier alpha value is -4.62. The quantitative estimate of drug-likeness (QED) is 0.116. The molecular formula is C41H58N6O7. The van der Waals surface area contributed by atoms with Crippen LogP contribution in [-0.4, -0.2) is 83.8 Å². The summed E-state index contributed by atoms with van der Waals surface area (Å²) < 4.78 is 18.0. The number of aromatic nitrogens is 3. The molecule has 0 spiro atoms. The second-order valence-corrected chi connectivity index (χ2v) is 15.7. The van der Waals surface area contributed by atoms with Gasteiger partial charge in [0.15, 0.2) is 0 Å². The fraction of sp³-hybridized carbons (Fsp3) is 0.561. The summed E-state index contributed by atoms with van der Waals surface area (Å²) in [7, 11) is 1.54. The summed E-state index contributed by atoms with van der Waals surface area (Å²) in [5, 5.41) is 14.9. The molecule has 13 nitrogen and oxygen atoms in total. The Morgan fingerprint density at radius 3 is 2.31 bits per heavy atom. The summed E-state index contributed by atoms with van der Waals surface area (Å²) in [6, 6.07) is 15.2. The molecule has 1 atom stereocenters. The van der Waals surface area contributed by atoms with Gasteiger partial charge in [-0.25, -0.2) is 4.68 Å². The van der Waals surface area contributed by atoms with E-state index in [0.717, 1.165) is 17.5 Å². The van der Waals surface area contributed by atoms with Crippen LogP contribution in [0.4, 0.5) is 5.69 Å². The van der Waals surface area contributed by atoms with Gasteiger partial charge in [-0.3, -0.25) is 19.2 Å². The zero-order valence-corrected chi connectivity index (χ0v) is 33.2. The molecule has 0 saturated carbocycles. The third-order valence-electron chi connectivity index (χ3n) is 9.57. The van der Waals surface area contributed by atoms with Crippen LogP contribution in [0.2, 0.25) is 0 Å². The fourth-order valence-corrected chi connectivity index (χ4v) is 6.46. The van der Waals surface area contributed by atoms with E-state index in [9.17, 15) is 19.2 Å². The van der Waals surface area contributed by atoms with Gasteiger partial charge in [-0.15, -0.1) is 5.10 Å². The first-order chi connectivity index (χ1) is 25.6. The topological polar surface area (TPSA) is 154 Å². The average molecular weight is 747 g/mol. The fourth-order valence-electron chi connectivity index (χ4n) is 6.46. The maximum atomic E-state index is 13.9. The zero-order chi connectivity index (χ0) is 39.5. The van der Waals surface area contributed by atoms with Gasteiger partial charge in [-0.05, 0) is 57.6 Å². The van der Waals surface area contributed by atoms with Gasteiger partial charge < -0.3 is 29.7 Å². The Labute approximate surface area is 319 Å². The van der Waals surface area contributed by atoms with Crippen LogP contribution in [0.5, 0.6) is 0 Å². The maximum absolute atomic E-state index is 13.9. The minimum Gasteiger partial charge on any atom is -0.462 e. The number of nitrogens with one attached hydrogen (secondary N) is 2. The van der Waals surface area contributed by atoms with E-state index in [2.05, 4.69) is 34.8 Å². The molecule has 13 heteroatoms. The van der Waals surface area contributed by atoms with Crippen LogP contribution in [-0.2, 0) is 46.5 Å². The van der Waals surface area contributed by atoms with Crippen LogP contribution in [0, 0.1) is 11.3 Å². The van der Waals surface area contributed by atoms with E-state index in [1.54, 1.807) is 4.90 Å². The van der Waals surface area contributed by atoms with E-state index in [0.29, 0.717) is 54.5 Å². The van der Waals surface area contributed by atoms with Gasteiger partial charge in [0.25, 0.3) is 0 Å². The lowest BCUT2D eigenvalue weighted by molar-refractivity contribution is -0.145. The number of carbonyl (C=O) groups is 4. The van der Waals surface area contributed by atoms with Crippen molar-refractivity contribution >= 4 is 29.4 Å². The Morgan fingerprint density at radius 2 is 1.59 bits per heavy atom. The van der Waals surface area contributed by atoms with Gasteiger partial charge in [-0.1, -0.05) is 75.4 Å². The van der Waals surface area contributed by atoms with E-state index in [1.165, 1.54) is 11.8 Å². The number of benzene rings is 2. The van der Waals surface area contributed by atoms with E-state index in [-0.39, 0.29) is 62.9 Å². The monoisotopic (exact) mass is 746 g/mol. The van der Waals surface area contributed by atoms with Crippen LogP contribution >= 0.6 is 0 Å². The highest BCUT2D eigenvalue weighted by molar-refractivity contribution is 6.01. The lowest BCUT2D eigenvalue weighted by Gasteiger charge is -2.30. The van der Waals surface area contributed by atoms with E-state index < -0.39 is 17.0 Å². The Kier molecular flexibility index (Phi) is 14.9. The molecule has 0 saturated heterocycles. The average Bonchev–Trinajstić information content (AvgIpc) is 3.50. The summed E-state index contributed by atoms with van der Waals surface area (Å²) in [5.41, 5.74) is 3.05. The van der Waals surface area contributed by atoms with Crippen molar-refractivity contribution in [1.29, 1.82) is 0 Å². The van der Waals surface area contributed by atoms with Crippen molar-refractivity contribution in [2.75, 3.05) is 38.4 Å². The molecule has 3 amide bonds. The zero-order valence-electron chi connectivity index (χ0n) is 33.2. The Bertz CT molecular complexity index is 1750. The molecule has 1 aliphatic rings. The van der Waals surface area contributed by atoms with Crippen LogP contribution < -0.4 is 15.5 Å². The number of nitrogens with zero attached hydrogens (tertiary/aromatic N) is 4. The summed E-state index contributed by atoms with van der Waals surface area (Å²) in [5.74, 6) is -0.375. The minimum absolute atomic E-state index is 0.00201. The third kappa shape index (κ3) is 11.7. The first kappa shape index (κ1) is 42.1. The number of hydrogen-bond donors (Lipinski definition) is 2. The van der Waals surface area contributed by atoms with Crippen molar-refractivity contribution in [3.8, 4) is 22.5 Å². The predicted octanol–water partition coefficient (Wildman–Crippen LogP) is 5.70. The SMILES string of the molecule is COCCOC(=O)Cn1nnc2c1-c1ccccc1CN(C(=O)CCC(=O)NCCC(C)(C)OCCC(C)(C)C(=O)NC(C)CC(C)C)c1ccccc1-2. The molecule has 0 fully saturated rings. The van der Waals surface area contributed by atoms with Gasteiger partial charge in [0.2, 0.25) is 17.7 Å². The highest BCUT2D eigenvalue weighted by atomic mass is 16.6. The first-order valence-electron chi connectivity index (χ1n) is 18.9. The Morgan fingerprint density at radius 1 is 0.889 bits per heavy atom. The van der Waals surface area contributed by atoms with Gasteiger partial charge in [0.05, 0.1) is 30.1 Å². The van der Waals surface area contributed by atoms with Gasteiger partial charge in [0, 0.05) is 55.7 Å². The first-order valence-corrected chi connectivity index (χ1v) is 18.9. The van der Waals surface area contributed by atoms with E-state index in [4.69, 9.17) is 14.2 Å². The molecular weight excluding hydrogens is 688 g/mol. The summed E-state index contributed by atoms with van der Waals surface area (Å²) in [4.78, 5) is 54.1. The van der Waals surface area contributed by atoms with Crippen molar-refractivity contribution in [3.63, 3.8) is 0 Å². The number of carbonyl (C=O) groups excluding carboxylic acids is 4. The molecule has 3 aromatic rings. The molecule has 2 heterocycles.